The van der Waals surface area contributed by atoms with Crippen molar-refractivity contribution < 1.29 is 13.6 Å². The molecular formula is C6H17KNO3P. The van der Waals surface area contributed by atoms with Crippen LogP contribution in [0.1, 0.15) is 6.92 Å². The molecule has 1 atom stereocenters. The molecule has 6 heteroatoms. The van der Waals surface area contributed by atoms with Crippen molar-refractivity contribution in [1.82, 2.24) is 4.90 Å². The molecule has 12 heavy (non-hydrogen) atoms. The van der Waals surface area contributed by atoms with Crippen LogP contribution in [0.4, 0.5) is 0 Å². The molecule has 0 aromatic rings. The molecule has 0 bridgehead atoms. The van der Waals surface area contributed by atoms with E-state index in [-0.39, 0.29) is 51.4 Å². The predicted molar refractivity (Wildman–Crippen MR) is 52.3 cm³/mol. The minimum absolute atomic E-state index is 0. The fraction of sp³-hybridized carbons (Fsp3) is 1.00. The summed E-state index contributed by atoms with van der Waals surface area (Å²) in [4.78, 5) is 1.96. The number of hydrogen-bond donors (Lipinski definition) is 0. The van der Waals surface area contributed by atoms with E-state index in [9.17, 15) is 4.57 Å². The molecule has 0 N–H and O–H groups in total. The Morgan fingerprint density at radius 2 is 1.92 bits per heavy atom. The van der Waals surface area contributed by atoms with E-state index in [0.717, 1.165) is 6.54 Å². The van der Waals surface area contributed by atoms with Crippen LogP contribution >= 0.6 is 8.25 Å². The van der Waals surface area contributed by atoms with E-state index in [1.165, 1.54) is 0 Å². The third kappa shape index (κ3) is 11.7. The van der Waals surface area contributed by atoms with Crippen molar-refractivity contribution in [3.8, 4) is 0 Å². The zero-order valence-electron chi connectivity index (χ0n) is 7.29. The Hall–Kier alpha value is 1.75. The van der Waals surface area contributed by atoms with Crippen LogP contribution < -0.4 is 0 Å². The van der Waals surface area contributed by atoms with E-state index in [0.29, 0.717) is 13.2 Å². The van der Waals surface area contributed by atoms with Gasteiger partial charge in [-0.15, -0.1) is 0 Å². The Bertz CT molecular complexity index is 123. The monoisotopic (exact) mass is 221 g/mol. The van der Waals surface area contributed by atoms with Crippen LogP contribution in [0.25, 0.3) is 0 Å². The van der Waals surface area contributed by atoms with Gasteiger partial charge in [0.25, 0.3) is 0 Å². The fourth-order valence-corrected chi connectivity index (χ4v) is 1.05. The SMILES string of the molecule is CCO[PH](=O)OCCN(C)C.[KH]. The van der Waals surface area contributed by atoms with E-state index in [1.54, 1.807) is 6.92 Å². The average molecular weight is 221 g/mol. The standard InChI is InChI=1S/C6H16NO3P.K.H/c1-4-9-11(8)10-6-5-7(2)3;;/h11H,4-6H2,1-3H3;;. The Kier molecular flexibility index (Phi) is 14.6. The van der Waals surface area contributed by atoms with Gasteiger partial charge >= 0.3 is 59.6 Å². The molecule has 0 amide bonds. The van der Waals surface area contributed by atoms with Crippen molar-refractivity contribution in [1.29, 1.82) is 0 Å². The van der Waals surface area contributed by atoms with Crippen LogP contribution in [0.15, 0.2) is 0 Å². The van der Waals surface area contributed by atoms with E-state index < -0.39 is 8.25 Å². The second-order valence-corrected chi connectivity index (χ2v) is 3.41. The van der Waals surface area contributed by atoms with Gasteiger partial charge in [-0.25, -0.2) is 0 Å². The van der Waals surface area contributed by atoms with Crippen LogP contribution in [0.2, 0.25) is 0 Å². The van der Waals surface area contributed by atoms with E-state index >= 15 is 0 Å². The molecular weight excluding hydrogens is 204 g/mol. The maximum absolute atomic E-state index is 10.7. The van der Waals surface area contributed by atoms with Crippen molar-refractivity contribution in [2.75, 3.05) is 33.9 Å². The topological polar surface area (TPSA) is 38.8 Å². The molecule has 0 heterocycles. The predicted octanol–water partition coefficient (Wildman–Crippen LogP) is 0.342. The second-order valence-electron chi connectivity index (χ2n) is 2.33. The Balaban J connectivity index is 0. The van der Waals surface area contributed by atoms with Crippen LogP contribution in [0.5, 0.6) is 0 Å². The molecule has 0 aliphatic heterocycles. The Morgan fingerprint density at radius 1 is 1.33 bits per heavy atom. The fourth-order valence-electron chi connectivity index (χ4n) is 0.471. The molecule has 0 aliphatic carbocycles. The van der Waals surface area contributed by atoms with Crippen molar-refractivity contribution in [3.63, 3.8) is 0 Å². The average Bonchev–Trinajstić information content (AvgIpc) is 1.87. The summed E-state index contributed by atoms with van der Waals surface area (Å²) in [7, 11) is 1.65. The first-order chi connectivity index (χ1) is 5.16. The van der Waals surface area contributed by atoms with Gasteiger partial charge in [-0.1, -0.05) is 0 Å². The van der Waals surface area contributed by atoms with Crippen molar-refractivity contribution in [2.45, 2.75) is 6.92 Å². The summed E-state index contributed by atoms with van der Waals surface area (Å²) in [6, 6.07) is 0. The van der Waals surface area contributed by atoms with Gasteiger partial charge < -0.3 is 13.9 Å². The first kappa shape index (κ1) is 16.2. The zero-order valence-corrected chi connectivity index (χ0v) is 8.29. The maximum atomic E-state index is 10.7. The van der Waals surface area contributed by atoms with Crippen molar-refractivity contribution >= 4 is 59.6 Å². The summed E-state index contributed by atoms with van der Waals surface area (Å²) in [5.74, 6) is 0. The van der Waals surface area contributed by atoms with Gasteiger partial charge in [-0.05, 0) is 21.0 Å². The molecule has 0 saturated heterocycles. The third-order valence-corrected chi connectivity index (χ3v) is 1.98. The summed E-state index contributed by atoms with van der Waals surface area (Å²) >= 11 is 0. The van der Waals surface area contributed by atoms with Crippen LogP contribution in [0, 0.1) is 0 Å². The Labute approximate surface area is 117 Å². The molecule has 70 valence electrons. The van der Waals surface area contributed by atoms with Crippen molar-refractivity contribution in [2.24, 2.45) is 0 Å². The van der Waals surface area contributed by atoms with Gasteiger partial charge in [0.05, 0.1) is 13.2 Å². The third-order valence-electron chi connectivity index (χ3n) is 1.02. The molecule has 0 aliphatic rings. The van der Waals surface area contributed by atoms with E-state index in [1.807, 2.05) is 19.0 Å². The summed E-state index contributed by atoms with van der Waals surface area (Å²) in [6.45, 7) is 3.46. The minimum atomic E-state index is -2.21. The van der Waals surface area contributed by atoms with Crippen LogP contribution in [-0.2, 0) is 13.6 Å². The summed E-state index contributed by atoms with van der Waals surface area (Å²) in [5.41, 5.74) is 0. The molecule has 0 aromatic carbocycles. The number of likely N-dealkylation sites (N-methyl/N-ethyl adjacent to an activating group) is 1. The zero-order chi connectivity index (χ0) is 8.69. The van der Waals surface area contributed by atoms with E-state index in [2.05, 4.69) is 0 Å². The number of nitrogens with zero attached hydrogens (tertiary/aromatic N) is 1. The molecule has 0 saturated carbocycles. The van der Waals surface area contributed by atoms with Gasteiger partial charge in [0.2, 0.25) is 0 Å². The number of rotatable bonds is 6. The summed E-state index contributed by atoms with van der Waals surface area (Å²) in [6.07, 6.45) is 0. The normalized spacial score (nSPS) is 12.7. The number of hydrogen-bond acceptors (Lipinski definition) is 4. The van der Waals surface area contributed by atoms with Crippen molar-refractivity contribution in [3.05, 3.63) is 0 Å². The van der Waals surface area contributed by atoms with Crippen LogP contribution in [0.3, 0.4) is 0 Å². The molecule has 0 aromatic heterocycles. The molecule has 0 fully saturated rings. The molecule has 4 nitrogen and oxygen atoms in total. The Morgan fingerprint density at radius 3 is 2.33 bits per heavy atom. The van der Waals surface area contributed by atoms with Gasteiger partial charge in [-0.2, -0.15) is 0 Å². The second kappa shape index (κ2) is 10.8. The first-order valence-corrected chi connectivity index (χ1v) is 4.83. The van der Waals surface area contributed by atoms with E-state index in [4.69, 9.17) is 9.05 Å². The van der Waals surface area contributed by atoms with Crippen LogP contribution in [-0.4, -0.2) is 90.1 Å². The van der Waals surface area contributed by atoms with Gasteiger partial charge in [0, 0.05) is 6.54 Å². The summed E-state index contributed by atoms with van der Waals surface area (Å²) < 4.78 is 20.4. The van der Waals surface area contributed by atoms with Gasteiger partial charge in [0.1, 0.15) is 0 Å². The summed E-state index contributed by atoms with van der Waals surface area (Å²) in [5, 5.41) is 0. The molecule has 1 unspecified atom stereocenters. The first-order valence-electron chi connectivity index (χ1n) is 3.61. The van der Waals surface area contributed by atoms with Gasteiger partial charge in [0.15, 0.2) is 0 Å². The molecule has 0 radical (unpaired) electrons. The molecule has 0 rings (SSSR count). The van der Waals surface area contributed by atoms with Gasteiger partial charge in [-0.3, -0.25) is 4.57 Å². The quantitative estimate of drug-likeness (QED) is 0.479. The molecule has 0 spiro atoms.